The molecular weight excluding hydrogens is 258 g/mol. The second kappa shape index (κ2) is 3.97. The molecule has 3 aromatic heterocycles. The van der Waals surface area contributed by atoms with Gasteiger partial charge in [-0.15, -0.1) is 11.3 Å². The van der Waals surface area contributed by atoms with Gasteiger partial charge in [-0.05, 0) is 6.07 Å². The van der Waals surface area contributed by atoms with Gasteiger partial charge < -0.3 is 5.73 Å². The van der Waals surface area contributed by atoms with Crippen molar-refractivity contribution in [2.24, 2.45) is 0 Å². The molecule has 5 nitrogen and oxygen atoms in total. The maximum Gasteiger partial charge on any atom is 0.202 e. The van der Waals surface area contributed by atoms with E-state index in [9.17, 15) is 0 Å². The Labute approximate surface area is 106 Å². The molecule has 3 rings (SSSR count). The number of nitrogens with zero attached hydrogens (tertiary/aromatic N) is 4. The molecule has 2 N–H and O–H groups in total. The molecular formula is C10H8ClN5S. The van der Waals surface area contributed by atoms with Crippen LogP contribution in [0.15, 0.2) is 24.0 Å². The lowest BCUT2D eigenvalue weighted by molar-refractivity contribution is 0.839. The highest BCUT2D eigenvalue weighted by atomic mass is 35.5. The SMILES string of the molecule is Nc1nc2cc(Cl)cnc2n1Cc1cncs1. The smallest absolute Gasteiger partial charge is 0.202 e. The predicted octanol–water partition coefficient (Wildman–Crippen LogP) is 2.17. The number of fused-ring (bicyclic) bond motifs is 1. The van der Waals surface area contributed by atoms with E-state index in [2.05, 4.69) is 15.0 Å². The normalized spacial score (nSPS) is 11.1. The number of hydrogen-bond acceptors (Lipinski definition) is 5. The van der Waals surface area contributed by atoms with Crippen molar-refractivity contribution in [3.8, 4) is 0 Å². The second-order valence-corrected chi connectivity index (χ2v) is 4.93. The van der Waals surface area contributed by atoms with Crippen LogP contribution in [0.1, 0.15) is 4.88 Å². The van der Waals surface area contributed by atoms with Crippen molar-refractivity contribution in [3.05, 3.63) is 33.9 Å². The monoisotopic (exact) mass is 265 g/mol. The highest BCUT2D eigenvalue weighted by Crippen LogP contribution is 2.21. The highest BCUT2D eigenvalue weighted by Gasteiger charge is 2.10. The fourth-order valence-electron chi connectivity index (χ4n) is 1.64. The number of aromatic nitrogens is 4. The van der Waals surface area contributed by atoms with Crippen LogP contribution in [0.25, 0.3) is 11.2 Å². The summed E-state index contributed by atoms with van der Waals surface area (Å²) >= 11 is 7.43. The van der Waals surface area contributed by atoms with Gasteiger partial charge >= 0.3 is 0 Å². The topological polar surface area (TPSA) is 69.6 Å². The fraction of sp³-hybridized carbons (Fsp3) is 0.100. The molecule has 0 spiro atoms. The van der Waals surface area contributed by atoms with Crippen molar-refractivity contribution in [1.29, 1.82) is 0 Å². The molecule has 3 heterocycles. The number of nitrogens with two attached hydrogens (primary N) is 1. The minimum atomic E-state index is 0.433. The van der Waals surface area contributed by atoms with Crippen LogP contribution in [0.3, 0.4) is 0 Å². The molecule has 0 saturated heterocycles. The van der Waals surface area contributed by atoms with Crippen LogP contribution in [0, 0.1) is 0 Å². The lowest BCUT2D eigenvalue weighted by Crippen LogP contribution is -2.04. The summed E-state index contributed by atoms with van der Waals surface area (Å²) < 4.78 is 1.85. The molecule has 0 aliphatic rings. The van der Waals surface area contributed by atoms with E-state index in [-0.39, 0.29) is 0 Å². The van der Waals surface area contributed by atoms with Gasteiger partial charge in [-0.1, -0.05) is 11.6 Å². The third-order valence-electron chi connectivity index (χ3n) is 2.38. The average molecular weight is 266 g/mol. The second-order valence-electron chi connectivity index (χ2n) is 3.52. The van der Waals surface area contributed by atoms with E-state index in [0.717, 1.165) is 10.5 Å². The molecule has 0 aliphatic carbocycles. The summed E-state index contributed by atoms with van der Waals surface area (Å²) in [5.41, 5.74) is 9.10. The number of imidazole rings is 1. The molecule has 0 aliphatic heterocycles. The Balaban J connectivity index is 2.12. The fourth-order valence-corrected chi connectivity index (χ4v) is 2.37. The van der Waals surface area contributed by atoms with Gasteiger partial charge in [0.15, 0.2) is 5.65 Å². The van der Waals surface area contributed by atoms with Gasteiger partial charge in [0, 0.05) is 17.3 Å². The van der Waals surface area contributed by atoms with E-state index in [1.165, 1.54) is 0 Å². The van der Waals surface area contributed by atoms with Gasteiger partial charge in [-0.25, -0.2) is 9.97 Å². The molecule has 7 heteroatoms. The maximum absolute atomic E-state index is 5.87. The summed E-state index contributed by atoms with van der Waals surface area (Å²) in [7, 11) is 0. The van der Waals surface area contributed by atoms with Crippen LogP contribution < -0.4 is 5.73 Å². The Bertz CT molecular complexity index is 661. The zero-order chi connectivity index (χ0) is 11.8. The van der Waals surface area contributed by atoms with Gasteiger partial charge in [0.2, 0.25) is 5.95 Å². The first kappa shape index (κ1) is 10.5. The lowest BCUT2D eigenvalue weighted by Gasteiger charge is -2.02. The van der Waals surface area contributed by atoms with Crippen molar-refractivity contribution in [2.75, 3.05) is 5.73 Å². The molecule has 0 bridgehead atoms. The zero-order valence-electron chi connectivity index (χ0n) is 8.67. The van der Waals surface area contributed by atoms with Crippen molar-refractivity contribution in [3.63, 3.8) is 0 Å². The third kappa shape index (κ3) is 1.85. The van der Waals surface area contributed by atoms with E-state index in [4.69, 9.17) is 17.3 Å². The van der Waals surface area contributed by atoms with E-state index < -0.39 is 0 Å². The summed E-state index contributed by atoms with van der Waals surface area (Å²) in [5, 5.41) is 0.556. The number of rotatable bonds is 2. The molecule has 0 aromatic carbocycles. The summed E-state index contributed by atoms with van der Waals surface area (Å²) in [6.07, 6.45) is 3.40. The number of pyridine rings is 1. The third-order valence-corrected chi connectivity index (χ3v) is 3.35. The van der Waals surface area contributed by atoms with Gasteiger partial charge in [-0.2, -0.15) is 0 Å². The number of hydrogen-bond donors (Lipinski definition) is 1. The molecule has 0 radical (unpaired) electrons. The van der Waals surface area contributed by atoms with Crippen LogP contribution in [0.5, 0.6) is 0 Å². The first-order chi connectivity index (χ1) is 8.24. The average Bonchev–Trinajstić information content (AvgIpc) is 2.88. The Kier molecular flexibility index (Phi) is 2.45. The van der Waals surface area contributed by atoms with Crippen LogP contribution >= 0.6 is 22.9 Å². The number of thiazole rings is 1. The molecule has 0 saturated carbocycles. The van der Waals surface area contributed by atoms with E-state index in [1.807, 2.05) is 10.8 Å². The van der Waals surface area contributed by atoms with Crippen molar-refractivity contribution >= 4 is 40.0 Å². The zero-order valence-corrected chi connectivity index (χ0v) is 10.2. The quantitative estimate of drug-likeness (QED) is 0.771. The van der Waals surface area contributed by atoms with Crippen LogP contribution in [-0.4, -0.2) is 19.5 Å². The summed E-state index contributed by atoms with van der Waals surface area (Å²) in [6.45, 7) is 0.627. The minimum Gasteiger partial charge on any atom is -0.369 e. The summed E-state index contributed by atoms with van der Waals surface area (Å²) in [5.74, 6) is 0.433. The van der Waals surface area contributed by atoms with Crippen molar-refractivity contribution < 1.29 is 0 Å². The molecule has 0 unspecified atom stereocenters. The molecule has 0 fully saturated rings. The Morgan fingerprint density at radius 2 is 2.29 bits per heavy atom. The maximum atomic E-state index is 5.87. The van der Waals surface area contributed by atoms with Crippen molar-refractivity contribution in [2.45, 2.75) is 6.54 Å². The van der Waals surface area contributed by atoms with Crippen LogP contribution in [-0.2, 0) is 6.54 Å². The van der Waals surface area contributed by atoms with Crippen LogP contribution in [0.4, 0.5) is 5.95 Å². The van der Waals surface area contributed by atoms with E-state index in [1.54, 1.807) is 29.1 Å². The number of anilines is 1. The summed E-state index contributed by atoms with van der Waals surface area (Å²) in [4.78, 5) is 13.6. The molecule has 0 amide bonds. The van der Waals surface area contributed by atoms with E-state index in [0.29, 0.717) is 23.0 Å². The van der Waals surface area contributed by atoms with Gasteiger partial charge in [0.05, 0.1) is 17.1 Å². The van der Waals surface area contributed by atoms with Gasteiger partial charge in [0.25, 0.3) is 0 Å². The van der Waals surface area contributed by atoms with Gasteiger partial charge in [-0.3, -0.25) is 9.55 Å². The Morgan fingerprint density at radius 3 is 3.06 bits per heavy atom. The first-order valence-electron chi connectivity index (χ1n) is 4.88. The molecule has 17 heavy (non-hydrogen) atoms. The van der Waals surface area contributed by atoms with Gasteiger partial charge in [0.1, 0.15) is 5.52 Å². The largest absolute Gasteiger partial charge is 0.369 e. The Hall–Kier alpha value is -1.66. The molecule has 86 valence electrons. The minimum absolute atomic E-state index is 0.433. The number of halogens is 1. The first-order valence-corrected chi connectivity index (χ1v) is 6.14. The Morgan fingerprint density at radius 1 is 1.41 bits per heavy atom. The molecule has 0 atom stereocenters. The summed E-state index contributed by atoms with van der Waals surface area (Å²) in [6, 6.07) is 1.75. The standard InChI is InChI=1S/C10H8ClN5S/c11-6-1-8-9(14-2-6)16(10(12)15-8)4-7-3-13-5-17-7/h1-3,5H,4H2,(H2,12,15). The highest BCUT2D eigenvalue weighted by molar-refractivity contribution is 7.09. The van der Waals surface area contributed by atoms with E-state index >= 15 is 0 Å². The predicted molar refractivity (Wildman–Crippen MR) is 68.2 cm³/mol. The number of nitrogen functional groups attached to an aromatic ring is 1. The molecule has 3 aromatic rings. The van der Waals surface area contributed by atoms with Crippen molar-refractivity contribution in [1.82, 2.24) is 19.5 Å². The lowest BCUT2D eigenvalue weighted by atomic mass is 10.4. The van der Waals surface area contributed by atoms with Crippen LogP contribution in [0.2, 0.25) is 5.02 Å².